The van der Waals surface area contributed by atoms with Crippen molar-refractivity contribution in [3.05, 3.63) is 0 Å². The van der Waals surface area contributed by atoms with Crippen LogP contribution in [0.2, 0.25) is 0 Å². The normalized spacial score (nSPS) is 20.5. The van der Waals surface area contributed by atoms with E-state index in [2.05, 4.69) is 42.8 Å². The van der Waals surface area contributed by atoms with Gasteiger partial charge in [-0.15, -0.1) is 0 Å². The first kappa shape index (κ1) is 15.9. The molecule has 1 atom stereocenters. The number of piperazine rings is 1. The van der Waals surface area contributed by atoms with Gasteiger partial charge in [-0.05, 0) is 33.2 Å². The molecule has 3 heteroatoms. The third-order valence-electron chi connectivity index (χ3n) is 3.94. The average molecular weight is 255 g/mol. The summed E-state index contributed by atoms with van der Waals surface area (Å²) in [6, 6.07) is 1.40. The summed E-state index contributed by atoms with van der Waals surface area (Å²) in [5, 5.41) is 3.70. The van der Waals surface area contributed by atoms with Crippen molar-refractivity contribution in [1.29, 1.82) is 0 Å². The molecule has 1 N–H and O–H groups in total. The Bertz CT molecular complexity index is 198. The summed E-state index contributed by atoms with van der Waals surface area (Å²) in [5.74, 6) is 0. The van der Waals surface area contributed by atoms with Crippen LogP contribution >= 0.6 is 0 Å². The molecule has 1 aliphatic rings. The van der Waals surface area contributed by atoms with Crippen molar-refractivity contribution in [1.82, 2.24) is 15.1 Å². The van der Waals surface area contributed by atoms with E-state index in [0.717, 1.165) is 6.54 Å². The molecule has 1 rings (SSSR count). The summed E-state index contributed by atoms with van der Waals surface area (Å²) in [5.41, 5.74) is 0. The molecule has 108 valence electrons. The van der Waals surface area contributed by atoms with Crippen LogP contribution < -0.4 is 5.32 Å². The van der Waals surface area contributed by atoms with Crippen molar-refractivity contribution in [2.75, 3.05) is 39.3 Å². The van der Waals surface area contributed by atoms with Crippen LogP contribution in [-0.2, 0) is 0 Å². The third kappa shape index (κ3) is 5.68. The highest BCUT2D eigenvalue weighted by Crippen LogP contribution is 2.08. The third-order valence-corrected chi connectivity index (χ3v) is 3.94. The highest BCUT2D eigenvalue weighted by molar-refractivity contribution is 4.78. The number of rotatable bonds is 8. The van der Waals surface area contributed by atoms with Gasteiger partial charge in [0, 0.05) is 44.8 Å². The van der Waals surface area contributed by atoms with Crippen LogP contribution in [0, 0.1) is 0 Å². The van der Waals surface area contributed by atoms with Gasteiger partial charge in [0.05, 0.1) is 0 Å². The molecule has 1 aliphatic heterocycles. The molecule has 0 aliphatic carbocycles. The molecule has 1 saturated heterocycles. The maximum Gasteiger partial charge on any atom is 0.0194 e. The quantitative estimate of drug-likeness (QED) is 0.717. The SMILES string of the molecule is CCCNC(CCC)CN1CCN(C(C)C)CC1. The minimum absolute atomic E-state index is 0.695. The Kier molecular flexibility index (Phi) is 7.87. The maximum atomic E-state index is 3.70. The van der Waals surface area contributed by atoms with Crippen LogP contribution in [0.1, 0.15) is 47.0 Å². The Hall–Kier alpha value is -0.120. The fourth-order valence-corrected chi connectivity index (χ4v) is 2.73. The van der Waals surface area contributed by atoms with Crippen molar-refractivity contribution >= 4 is 0 Å². The highest BCUT2D eigenvalue weighted by Gasteiger charge is 2.20. The van der Waals surface area contributed by atoms with Gasteiger partial charge in [0.2, 0.25) is 0 Å². The zero-order valence-corrected chi connectivity index (χ0v) is 12.9. The van der Waals surface area contributed by atoms with Crippen molar-refractivity contribution < 1.29 is 0 Å². The number of nitrogens with zero attached hydrogens (tertiary/aromatic N) is 2. The zero-order valence-electron chi connectivity index (χ0n) is 12.9. The Morgan fingerprint density at radius 1 is 1.00 bits per heavy atom. The standard InChI is InChI=1S/C15H33N3/c1-5-7-15(16-8-6-2)13-17-9-11-18(12-10-17)14(3)4/h14-16H,5-13H2,1-4H3. The Morgan fingerprint density at radius 3 is 2.17 bits per heavy atom. The van der Waals surface area contributed by atoms with E-state index in [-0.39, 0.29) is 0 Å². The molecular formula is C15H33N3. The Balaban J connectivity index is 2.27. The van der Waals surface area contributed by atoms with Crippen LogP contribution in [0.15, 0.2) is 0 Å². The fraction of sp³-hybridized carbons (Fsp3) is 1.00. The number of nitrogens with one attached hydrogen (secondary N) is 1. The molecule has 0 aromatic rings. The molecule has 1 fully saturated rings. The molecule has 0 aromatic carbocycles. The smallest absolute Gasteiger partial charge is 0.0194 e. The Morgan fingerprint density at radius 2 is 1.67 bits per heavy atom. The molecule has 0 saturated carbocycles. The van der Waals surface area contributed by atoms with Gasteiger partial charge in [-0.1, -0.05) is 20.3 Å². The summed E-state index contributed by atoms with van der Waals surface area (Å²) in [6.07, 6.45) is 3.83. The molecule has 18 heavy (non-hydrogen) atoms. The predicted octanol–water partition coefficient (Wildman–Crippen LogP) is 2.18. The second kappa shape index (κ2) is 8.89. The lowest BCUT2D eigenvalue weighted by Crippen LogP contribution is -2.52. The van der Waals surface area contributed by atoms with E-state index in [9.17, 15) is 0 Å². The van der Waals surface area contributed by atoms with Crippen molar-refractivity contribution in [3.8, 4) is 0 Å². The Labute approximate surface area is 114 Å². The van der Waals surface area contributed by atoms with Gasteiger partial charge in [0.25, 0.3) is 0 Å². The lowest BCUT2D eigenvalue weighted by molar-refractivity contribution is 0.100. The van der Waals surface area contributed by atoms with E-state index in [1.807, 2.05) is 0 Å². The van der Waals surface area contributed by atoms with E-state index in [1.54, 1.807) is 0 Å². The van der Waals surface area contributed by atoms with E-state index in [0.29, 0.717) is 12.1 Å². The van der Waals surface area contributed by atoms with Gasteiger partial charge in [0.1, 0.15) is 0 Å². The predicted molar refractivity (Wildman–Crippen MR) is 80.1 cm³/mol. The van der Waals surface area contributed by atoms with Crippen molar-refractivity contribution in [2.24, 2.45) is 0 Å². The first-order valence-corrected chi connectivity index (χ1v) is 7.87. The molecular weight excluding hydrogens is 222 g/mol. The van der Waals surface area contributed by atoms with Crippen LogP contribution in [0.5, 0.6) is 0 Å². The molecule has 0 amide bonds. The van der Waals surface area contributed by atoms with Gasteiger partial charge in [-0.3, -0.25) is 9.80 Å². The van der Waals surface area contributed by atoms with E-state index in [4.69, 9.17) is 0 Å². The first-order chi connectivity index (χ1) is 8.67. The molecule has 0 bridgehead atoms. The number of hydrogen-bond donors (Lipinski definition) is 1. The van der Waals surface area contributed by atoms with Crippen molar-refractivity contribution in [3.63, 3.8) is 0 Å². The van der Waals surface area contributed by atoms with E-state index < -0.39 is 0 Å². The van der Waals surface area contributed by atoms with E-state index >= 15 is 0 Å². The minimum atomic E-state index is 0.695. The molecule has 3 nitrogen and oxygen atoms in total. The van der Waals surface area contributed by atoms with Crippen LogP contribution in [0.25, 0.3) is 0 Å². The highest BCUT2D eigenvalue weighted by atomic mass is 15.3. The molecule has 0 spiro atoms. The monoisotopic (exact) mass is 255 g/mol. The molecule has 0 radical (unpaired) electrons. The second-order valence-electron chi connectivity index (χ2n) is 5.87. The van der Waals surface area contributed by atoms with Gasteiger partial charge in [-0.2, -0.15) is 0 Å². The summed E-state index contributed by atoms with van der Waals surface area (Å²) in [7, 11) is 0. The lowest BCUT2D eigenvalue weighted by Gasteiger charge is -2.38. The molecule has 1 heterocycles. The van der Waals surface area contributed by atoms with Crippen LogP contribution in [0.4, 0.5) is 0 Å². The lowest BCUT2D eigenvalue weighted by atomic mass is 10.1. The zero-order chi connectivity index (χ0) is 13.4. The second-order valence-corrected chi connectivity index (χ2v) is 5.87. The van der Waals surface area contributed by atoms with Gasteiger partial charge in [0.15, 0.2) is 0 Å². The average Bonchev–Trinajstić information content (AvgIpc) is 2.37. The summed E-state index contributed by atoms with van der Waals surface area (Å²) < 4.78 is 0. The van der Waals surface area contributed by atoms with Gasteiger partial charge < -0.3 is 5.32 Å². The van der Waals surface area contributed by atoms with E-state index in [1.165, 1.54) is 52.0 Å². The fourth-order valence-electron chi connectivity index (χ4n) is 2.73. The van der Waals surface area contributed by atoms with Gasteiger partial charge in [-0.25, -0.2) is 0 Å². The maximum absolute atomic E-state index is 3.70. The minimum Gasteiger partial charge on any atom is -0.313 e. The first-order valence-electron chi connectivity index (χ1n) is 7.87. The number of hydrogen-bond acceptors (Lipinski definition) is 3. The summed E-state index contributed by atoms with van der Waals surface area (Å²) in [4.78, 5) is 5.23. The summed E-state index contributed by atoms with van der Waals surface area (Å²) >= 11 is 0. The molecule has 1 unspecified atom stereocenters. The largest absolute Gasteiger partial charge is 0.313 e. The topological polar surface area (TPSA) is 18.5 Å². The van der Waals surface area contributed by atoms with Crippen molar-refractivity contribution in [2.45, 2.75) is 59.0 Å². The van der Waals surface area contributed by atoms with Crippen LogP contribution in [0.3, 0.4) is 0 Å². The molecule has 0 aromatic heterocycles. The van der Waals surface area contributed by atoms with Crippen LogP contribution in [-0.4, -0.2) is 61.2 Å². The summed E-state index contributed by atoms with van der Waals surface area (Å²) in [6.45, 7) is 16.5. The van der Waals surface area contributed by atoms with Gasteiger partial charge >= 0.3 is 0 Å².